The molecule has 134 valence electrons. The summed E-state index contributed by atoms with van der Waals surface area (Å²) in [6.07, 6.45) is 1.74. The van der Waals surface area contributed by atoms with Gasteiger partial charge < -0.3 is 15.1 Å². The number of rotatable bonds is 4. The Hall–Kier alpha value is -2.02. The van der Waals surface area contributed by atoms with E-state index < -0.39 is 0 Å². The van der Waals surface area contributed by atoms with E-state index in [1.54, 1.807) is 0 Å². The second kappa shape index (κ2) is 7.91. The third-order valence-corrected chi connectivity index (χ3v) is 5.55. The molecule has 1 aromatic carbocycles. The van der Waals surface area contributed by atoms with Crippen LogP contribution in [0.5, 0.6) is 0 Å². The molecule has 0 atom stereocenters. The quantitative estimate of drug-likeness (QED) is 0.887. The van der Waals surface area contributed by atoms with Crippen LogP contribution < -0.4 is 5.32 Å². The smallest absolute Gasteiger partial charge is 0.234 e. The van der Waals surface area contributed by atoms with Crippen LogP contribution in [-0.4, -0.2) is 59.5 Å². The fraction of sp³-hybridized carbons (Fsp3) is 0.500. The van der Waals surface area contributed by atoms with Gasteiger partial charge in [-0.3, -0.25) is 14.4 Å². The fourth-order valence-corrected chi connectivity index (χ4v) is 3.89. The van der Waals surface area contributed by atoms with E-state index in [0.29, 0.717) is 44.8 Å². The van der Waals surface area contributed by atoms with Crippen molar-refractivity contribution < 1.29 is 14.4 Å². The number of nitrogens with one attached hydrogen (secondary N) is 1. The summed E-state index contributed by atoms with van der Waals surface area (Å²) in [5.74, 6) is 0.676. The van der Waals surface area contributed by atoms with Crippen molar-refractivity contribution in [1.82, 2.24) is 9.80 Å². The third kappa shape index (κ3) is 4.34. The highest BCUT2D eigenvalue weighted by Crippen LogP contribution is 2.32. The summed E-state index contributed by atoms with van der Waals surface area (Å²) in [6, 6.07) is 5.80. The Morgan fingerprint density at radius 2 is 1.80 bits per heavy atom. The SMILES string of the molecule is CCCC(=O)N1CCN(C(=O)Cc2ccc3c(c2)NC(=O)CS3)CC1. The summed E-state index contributed by atoms with van der Waals surface area (Å²) in [5.41, 5.74) is 1.69. The van der Waals surface area contributed by atoms with Crippen LogP contribution in [0.25, 0.3) is 0 Å². The predicted molar refractivity (Wildman–Crippen MR) is 97.6 cm³/mol. The van der Waals surface area contributed by atoms with Crippen LogP contribution in [0.1, 0.15) is 25.3 Å². The Labute approximate surface area is 151 Å². The molecule has 2 heterocycles. The van der Waals surface area contributed by atoms with Crippen molar-refractivity contribution in [2.45, 2.75) is 31.1 Å². The highest BCUT2D eigenvalue weighted by atomic mass is 32.2. The Kier molecular flexibility index (Phi) is 5.63. The lowest BCUT2D eigenvalue weighted by Gasteiger charge is -2.35. The highest BCUT2D eigenvalue weighted by Gasteiger charge is 2.24. The van der Waals surface area contributed by atoms with Crippen molar-refractivity contribution in [1.29, 1.82) is 0 Å². The van der Waals surface area contributed by atoms with Gasteiger partial charge in [0.1, 0.15) is 0 Å². The average molecular weight is 361 g/mol. The predicted octanol–water partition coefficient (Wildman–Crippen LogP) is 1.74. The van der Waals surface area contributed by atoms with Gasteiger partial charge in [-0.2, -0.15) is 0 Å². The zero-order valence-electron chi connectivity index (χ0n) is 14.4. The Bertz CT molecular complexity index is 684. The largest absolute Gasteiger partial charge is 0.339 e. The van der Waals surface area contributed by atoms with Crippen LogP contribution in [0, 0.1) is 0 Å². The van der Waals surface area contributed by atoms with E-state index in [4.69, 9.17) is 0 Å². The van der Waals surface area contributed by atoms with Gasteiger partial charge in [-0.1, -0.05) is 13.0 Å². The van der Waals surface area contributed by atoms with Gasteiger partial charge in [-0.05, 0) is 24.1 Å². The minimum absolute atomic E-state index is 0.00570. The molecule has 1 fully saturated rings. The molecule has 1 saturated heterocycles. The maximum absolute atomic E-state index is 12.5. The van der Waals surface area contributed by atoms with Gasteiger partial charge in [0.05, 0.1) is 17.9 Å². The number of anilines is 1. The van der Waals surface area contributed by atoms with Gasteiger partial charge in [0, 0.05) is 37.5 Å². The lowest BCUT2D eigenvalue weighted by atomic mass is 10.1. The molecule has 0 aromatic heterocycles. The van der Waals surface area contributed by atoms with Crippen molar-refractivity contribution >= 4 is 35.2 Å². The van der Waals surface area contributed by atoms with Crippen molar-refractivity contribution in [2.24, 2.45) is 0 Å². The first-order chi connectivity index (χ1) is 12.1. The van der Waals surface area contributed by atoms with Crippen LogP contribution in [0.15, 0.2) is 23.1 Å². The molecule has 2 aliphatic heterocycles. The number of carbonyl (C=O) groups is 3. The Balaban J connectivity index is 1.56. The second-order valence-corrected chi connectivity index (χ2v) is 7.37. The van der Waals surface area contributed by atoms with Crippen molar-refractivity contribution in [3.8, 4) is 0 Å². The van der Waals surface area contributed by atoms with Crippen LogP contribution in [0.2, 0.25) is 0 Å². The molecule has 2 aliphatic rings. The molecule has 6 nitrogen and oxygen atoms in total. The van der Waals surface area contributed by atoms with Gasteiger partial charge in [0.15, 0.2) is 0 Å². The molecule has 0 saturated carbocycles. The van der Waals surface area contributed by atoms with Gasteiger partial charge in [0.25, 0.3) is 0 Å². The summed E-state index contributed by atoms with van der Waals surface area (Å²) >= 11 is 1.51. The van der Waals surface area contributed by atoms with Crippen molar-refractivity contribution in [3.05, 3.63) is 23.8 Å². The molecular formula is C18H23N3O3S. The number of hydrogen-bond donors (Lipinski definition) is 1. The van der Waals surface area contributed by atoms with Crippen LogP contribution in [0.4, 0.5) is 5.69 Å². The summed E-state index contributed by atoms with van der Waals surface area (Å²) in [6.45, 7) is 4.40. The first-order valence-electron chi connectivity index (χ1n) is 8.68. The molecule has 0 radical (unpaired) electrons. The molecule has 1 N–H and O–H groups in total. The van der Waals surface area contributed by atoms with Gasteiger partial charge in [-0.15, -0.1) is 11.8 Å². The minimum atomic E-state index is -0.00570. The number of carbonyl (C=O) groups excluding carboxylic acids is 3. The van der Waals surface area contributed by atoms with Crippen LogP contribution >= 0.6 is 11.8 Å². The summed E-state index contributed by atoms with van der Waals surface area (Å²) in [4.78, 5) is 40.7. The first kappa shape index (κ1) is 17.8. The average Bonchev–Trinajstić information content (AvgIpc) is 2.61. The van der Waals surface area contributed by atoms with E-state index in [-0.39, 0.29) is 17.7 Å². The number of nitrogens with zero attached hydrogens (tertiary/aromatic N) is 2. The molecule has 1 aromatic rings. The summed E-state index contributed by atoms with van der Waals surface area (Å²) in [7, 11) is 0. The molecule has 25 heavy (non-hydrogen) atoms. The van der Waals surface area contributed by atoms with Gasteiger partial charge in [0.2, 0.25) is 17.7 Å². The van der Waals surface area contributed by atoms with Gasteiger partial charge in [-0.25, -0.2) is 0 Å². The van der Waals surface area contributed by atoms with Gasteiger partial charge >= 0.3 is 0 Å². The molecule has 3 amide bonds. The lowest BCUT2D eigenvalue weighted by Crippen LogP contribution is -2.50. The molecule has 7 heteroatoms. The van der Waals surface area contributed by atoms with Crippen LogP contribution in [0.3, 0.4) is 0 Å². The second-order valence-electron chi connectivity index (χ2n) is 6.36. The number of fused-ring (bicyclic) bond motifs is 1. The zero-order chi connectivity index (χ0) is 17.8. The van der Waals surface area contributed by atoms with Crippen LogP contribution in [-0.2, 0) is 20.8 Å². The van der Waals surface area contributed by atoms with Crippen molar-refractivity contribution in [2.75, 3.05) is 37.2 Å². The molecule has 0 unspecified atom stereocenters. The number of hydrogen-bond acceptors (Lipinski definition) is 4. The first-order valence-corrected chi connectivity index (χ1v) is 9.66. The summed E-state index contributed by atoms with van der Waals surface area (Å²) < 4.78 is 0. The zero-order valence-corrected chi connectivity index (χ0v) is 15.2. The summed E-state index contributed by atoms with van der Waals surface area (Å²) in [5, 5.41) is 2.85. The number of benzene rings is 1. The molecule has 0 aliphatic carbocycles. The number of amides is 3. The minimum Gasteiger partial charge on any atom is -0.339 e. The van der Waals surface area contributed by atoms with E-state index in [1.807, 2.05) is 34.9 Å². The monoisotopic (exact) mass is 361 g/mol. The maximum Gasteiger partial charge on any atom is 0.234 e. The standard InChI is InChI=1S/C18H23N3O3S/c1-2-3-17(23)20-6-8-21(9-7-20)18(24)11-13-4-5-15-14(10-13)19-16(22)12-25-15/h4-5,10H,2-3,6-9,11-12H2,1H3,(H,19,22). The third-order valence-electron chi connectivity index (χ3n) is 4.48. The molecular weight excluding hydrogens is 338 g/mol. The highest BCUT2D eigenvalue weighted by molar-refractivity contribution is 8.00. The van der Waals surface area contributed by atoms with E-state index in [0.717, 1.165) is 22.6 Å². The van der Waals surface area contributed by atoms with E-state index in [1.165, 1.54) is 11.8 Å². The molecule has 0 bridgehead atoms. The topological polar surface area (TPSA) is 69.7 Å². The van der Waals surface area contributed by atoms with Crippen molar-refractivity contribution in [3.63, 3.8) is 0 Å². The Morgan fingerprint density at radius 1 is 1.12 bits per heavy atom. The maximum atomic E-state index is 12.5. The molecule has 0 spiro atoms. The lowest BCUT2D eigenvalue weighted by molar-refractivity contribution is -0.139. The van der Waals surface area contributed by atoms with E-state index >= 15 is 0 Å². The Morgan fingerprint density at radius 3 is 2.48 bits per heavy atom. The molecule has 3 rings (SSSR count). The number of piperazine rings is 1. The number of thioether (sulfide) groups is 1. The normalized spacial score (nSPS) is 17.1. The fourth-order valence-electron chi connectivity index (χ4n) is 3.10. The van der Waals surface area contributed by atoms with E-state index in [2.05, 4.69) is 5.32 Å². The van der Waals surface area contributed by atoms with E-state index in [9.17, 15) is 14.4 Å².